The van der Waals surface area contributed by atoms with Crippen LogP contribution in [0.5, 0.6) is 23.0 Å². The van der Waals surface area contributed by atoms with Crippen molar-refractivity contribution in [1.82, 2.24) is 5.43 Å². The number of nitrogens with zero attached hydrogens (tertiary/aromatic N) is 1. The number of fused-ring (bicyclic) bond motifs is 1. The van der Waals surface area contributed by atoms with Crippen LogP contribution < -0.4 is 24.4 Å². The summed E-state index contributed by atoms with van der Waals surface area (Å²) in [4.78, 5) is 12.4. The van der Waals surface area contributed by atoms with Crippen molar-refractivity contribution in [3.05, 3.63) is 93.1 Å². The molecule has 38 heavy (non-hydrogen) atoms. The van der Waals surface area contributed by atoms with E-state index in [-0.39, 0.29) is 12.3 Å². The zero-order valence-electron chi connectivity index (χ0n) is 21.5. The predicted molar refractivity (Wildman–Crippen MR) is 158 cm³/mol. The van der Waals surface area contributed by atoms with Gasteiger partial charge >= 0.3 is 0 Å². The summed E-state index contributed by atoms with van der Waals surface area (Å²) in [7, 11) is 3.13. The fraction of sp³-hybridized carbons (Fsp3) is 0.200. The van der Waals surface area contributed by atoms with Crippen LogP contribution in [0.4, 0.5) is 0 Å². The number of benzene rings is 4. The summed E-state index contributed by atoms with van der Waals surface area (Å²) in [6, 6.07) is 23.6. The smallest absolute Gasteiger partial charge is 0.244 e. The van der Waals surface area contributed by atoms with Crippen molar-refractivity contribution >= 4 is 45.5 Å². The molecule has 0 unspecified atom stereocenters. The molecule has 0 atom stereocenters. The van der Waals surface area contributed by atoms with Crippen LogP contribution in [0.25, 0.3) is 10.8 Å². The van der Waals surface area contributed by atoms with Gasteiger partial charge in [0.1, 0.15) is 6.61 Å². The van der Waals surface area contributed by atoms with E-state index in [9.17, 15) is 4.79 Å². The second-order valence-electron chi connectivity index (χ2n) is 8.35. The molecule has 0 fully saturated rings. The zero-order chi connectivity index (χ0) is 26.9. The van der Waals surface area contributed by atoms with Crippen LogP contribution in [0.15, 0.2) is 77.9 Å². The Labute approximate surface area is 235 Å². The summed E-state index contributed by atoms with van der Waals surface area (Å²) in [5.41, 5.74) is 5.25. The number of nitrogens with one attached hydrogen (secondary N) is 1. The number of ether oxygens (including phenoxy) is 4. The van der Waals surface area contributed by atoms with Crippen molar-refractivity contribution in [2.75, 3.05) is 20.8 Å². The average molecular weight is 624 g/mol. The highest BCUT2D eigenvalue weighted by Crippen LogP contribution is 2.35. The number of carbonyl (C=O) groups excluding carboxylic acids is 1. The Kier molecular flexibility index (Phi) is 9.42. The fourth-order valence-electron chi connectivity index (χ4n) is 4.03. The third-order valence-corrected chi connectivity index (χ3v) is 6.60. The minimum Gasteiger partial charge on any atom is -0.493 e. The third kappa shape index (κ3) is 6.74. The average Bonchev–Trinajstić information content (AvgIpc) is 2.92. The van der Waals surface area contributed by atoms with E-state index in [1.165, 1.54) is 5.39 Å². The van der Waals surface area contributed by atoms with E-state index in [0.29, 0.717) is 36.2 Å². The van der Waals surface area contributed by atoms with Gasteiger partial charge in [-0.1, -0.05) is 48.5 Å². The van der Waals surface area contributed by atoms with E-state index in [4.69, 9.17) is 18.9 Å². The first-order valence-electron chi connectivity index (χ1n) is 12.1. The van der Waals surface area contributed by atoms with E-state index in [0.717, 1.165) is 25.6 Å². The molecule has 8 heteroatoms. The Bertz CT molecular complexity index is 1450. The Morgan fingerprint density at radius 2 is 1.71 bits per heavy atom. The fourth-order valence-corrected chi connectivity index (χ4v) is 4.81. The first kappa shape index (κ1) is 27.3. The van der Waals surface area contributed by atoms with Crippen molar-refractivity contribution in [2.45, 2.75) is 20.0 Å². The first-order valence-corrected chi connectivity index (χ1v) is 13.2. The number of rotatable bonds is 11. The molecule has 0 spiro atoms. The van der Waals surface area contributed by atoms with Crippen LogP contribution in [0.2, 0.25) is 0 Å². The summed E-state index contributed by atoms with van der Waals surface area (Å²) in [6.07, 6.45) is 1.74. The maximum Gasteiger partial charge on any atom is 0.244 e. The van der Waals surface area contributed by atoms with Crippen LogP contribution in [0.1, 0.15) is 23.6 Å². The van der Waals surface area contributed by atoms with Gasteiger partial charge in [0.2, 0.25) is 5.91 Å². The number of halogens is 1. The Morgan fingerprint density at radius 3 is 2.50 bits per heavy atom. The van der Waals surface area contributed by atoms with E-state index >= 15 is 0 Å². The SMILES string of the molecule is CCOc1cc(/C=N/NC(=O)Cc2ccc(OC)c(OC)c2)cc(I)c1OCc1cccc2ccccc12. The number of methoxy groups -OCH3 is 2. The highest BCUT2D eigenvalue weighted by Gasteiger charge is 2.13. The van der Waals surface area contributed by atoms with Gasteiger partial charge in [-0.15, -0.1) is 0 Å². The molecule has 0 heterocycles. The molecule has 0 aliphatic rings. The molecule has 0 aromatic heterocycles. The molecule has 1 amide bonds. The third-order valence-electron chi connectivity index (χ3n) is 5.80. The standard InChI is InChI=1S/C30H29IN2O5/c1-4-37-28-16-21(18-32-33-29(34)17-20-12-13-26(35-2)27(15-20)36-3)14-25(31)30(28)38-19-23-10-7-9-22-8-5-6-11-24(22)23/h5-16,18H,4,17,19H2,1-3H3,(H,33,34)/b32-18+. The lowest BCUT2D eigenvalue weighted by Gasteiger charge is -2.15. The molecule has 4 aromatic carbocycles. The van der Waals surface area contributed by atoms with Gasteiger partial charge in [-0.2, -0.15) is 5.10 Å². The molecule has 7 nitrogen and oxygen atoms in total. The molecule has 0 bridgehead atoms. The van der Waals surface area contributed by atoms with Gasteiger partial charge in [0.05, 0.1) is 37.0 Å². The normalized spacial score (nSPS) is 10.9. The highest BCUT2D eigenvalue weighted by atomic mass is 127. The predicted octanol–water partition coefficient (Wildman–Crippen LogP) is 6.13. The molecule has 0 aliphatic heterocycles. The van der Waals surface area contributed by atoms with E-state index < -0.39 is 0 Å². The Morgan fingerprint density at radius 1 is 0.921 bits per heavy atom. The minimum absolute atomic E-state index is 0.153. The van der Waals surface area contributed by atoms with Crippen LogP contribution in [-0.2, 0) is 17.8 Å². The Hall–Kier alpha value is -3.79. The number of hydrogen-bond acceptors (Lipinski definition) is 6. The molecule has 0 radical (unpaired) electrons. The Balaban J connectivity index is 1.43. The lowest BCUT2D eigenvalue weighted by Crippen LogP contribution is -2.19. The first-order chi connectivity index (χ1) is 18.5. The second kappa shape index (κ2) is 13.1. The molecule has 1 N–H and O–H groups in total. The zero-order valence-corrected chi connectivity index (χ0v) is 23.7. The van der Waals surface area contributed by atoms with E-state index in [1.807, 2.05) is 43.3 Å². The summed E-state index contributed by atoms with van der Waals surface area (Å²) in [6.45, 7) is 2.83. The number of hydrazone groups is 1. The molecule has 0 saturated carbocycles. The van der Waals surface area contributed by atoms with Gasteiger partial charge < -0.3 is 18.9 Å². The van der Waals surface area contributed by atoms with Crippen molar-refractivity contribution in [3.63, 3.8) is 0 Å². The van der Waals surface area contributed by atoms with E-state index in [1.54, 1.807) is 32.6 Å². The van der Waals surface area contributed by atoms with Gasteiger partial charge in [0.25, 0.3) is 0 Å². The van der Waals surface area contributed by atoms with Crippen LogP contribution in [0.3, 0.4) is 0 Å². The van der Waals surface area contributed by atoms with Crippen molar-refractivity contribution < 1.29 is 23.7 Å². The van der Waals surface area contributed by atoms with Gasteiger partial charge in [-0.3, -0.25) is 4.79 Å². The quantitative estimate of drug-likeness (QED) is 0.123. The lowest BCUT2D eigenvalue weighted by atomic mass is 10.1. The van der Waals surface area contributed by atoms with Gasteiger partial charge in [-0.05, 0) is 81.2 Å². The van der Waals surface area contributed by atoms with Crippen molar-refractivity contribution in [2.24, 2.45) is 5.10 Å². The largest absolute Gasteiger partial charge is 0.493 e. The maximum atomic E-state index is 12.4. The molecule has 196 valence electrons. The molecule has 4 aromatic rings. The second-order valence-corrected chi connectivity index (χ2v) is 9.51. The summed E-state index contributed by atoms with van der Waals surface area (Å²) >= 11 is 2.23. The lowest BCUT2D eigenvalue weighted by molar-refractivity contribution is -0.120. The van der Waals surface area contributed by atoms with Gasteiger partial charge in [-0.25, -0.2) is 5.43 Å². The number of carbonyl (C=O) groups is 1. The van der Waals surface area contributed by atoms with Crippen LogP contribution in [-0.4, -0.2) is 32.9 Å². The monoisotopic (exact) mass is 624 g/mol. The highest BCUT2D eigenvalue weighted by molar-refractivity contribution is 14.1. The molecule has 0 saturated heterocycles. The van der Waals surface area contributed by atoms with Gasteiger partial charge in [0, 0.05) is 0 Å². The summed E-state index contributed by atoms with van der Waals surface area (Å²) in [5.74, 6) is 2.23. The minimum atomic E-state index is -0.247. The maximum absolute atomic E-state index is 12.4. The summed E-state index contributed by atoms with van der Waals surface area (Å²) < 4.78 is 23.6. The van der Waals surface area contributed by atoms with Crippen molar-refractivity contribution in [1.29, 1.82) is 0 Å². The molecule has 0 aliphatic carbocycles. The van der Waals surface area contributed by atoms with Crippen LogP contribution in [0, 0.1) is 3.57 Å². The number of amides is 1. The van der Waals surface area contributed by atoms with Gasteiger partial charge in [0.15, 0.2) is 23.0 Å². The topological polar surface area (TPSA) is 78.4 Å². The number of hydrogen-bond donors (Lipinski definition) is 1. The van der Waals surface area contributed by atoms with E-state index in [2.05, 4.69) is 57.4 Å². The summed E-state index contributed by atoms with van der Waals surface area (Å²) in [5, 5.41) is 6.47. The molecule has 4 rings (SSSR count). The molecular formula is C30H29IN2O5. The van der Waals surface area contributed by atoms with Crippen LogP contribution >= 0.6 is 22.6 Å². The van der Waals surface area contributed by atoms with Crippen molar-refractivity contribution in [3.8, 4) is 23.0 Å². The molecular weight excluding hydrogens is 595 g/mol.